The Labute approximate surface area is 164 Å². The summed E-state index contributed by atoms with van der Waals surface area (Å²) >= 11 is 1.22. The molecular weight excluding hydrogens is 378 g/mol. The highest BCUT2D eigenvalue weighted by Gasteiger charge is 2.44. The van der Waals surface area contributed by atoms with Gasteiger partial charge in [0.2, 0.25) is 0 Å². The Morgan fingerprint density at radius 1 is 1.21 bits per heavy atom. The molecule has 5 rings (SSSR count). The maximum absolute atomic E-state index is 12.8. The number of aryl methyl sites for hydroxylation is 2. The molecule has 1 aliphatic carbocycles. The molecule has 0 atom stereocenters. The topological polar surface area (TPSA) is 93.3 Å². The maximum atomic E-state index is 12.8. The Morgan fingerprint density at radius 3 is 2.75 bits per heavy atom. The summed E-state index contributed by atoms with van der Waals surface area (Å²) in [6, 6.07) is 5.41. The van der Waals surface area contributed by atoms with Crippen LogP contribution in [0.25, 0.3) is 10.2 Å². The predicted octanol–water partition coefficient (Wildman–Crippen LogP) is 3.90. The van der Waals surface area contributed by atoms with Gasteiger partial charge in [0.05, 0.1) is 10.3 Å². The fourth-order valence-electron chi connectivity index (χ4n) is 3.95. The predicted molar refractivity (Wildman–Crippen MR) is 107 cm³/mol. The van der Waals surface area contributed by atoms with Crippen molar-refractivity contribution in [1.82, 2.24) is 9.97 Å². The third-order valence-corrected chi connectivity index (χ3v) is 6.47. The Bertz CT molecular complexity index is 1170. The van der Waals surface area contributed by atoms with E-state index < -0.39 is 5.79 Å². The normalized spacial score (nSPS) is 16.8. The van der Waals surface area contributed by atoms with Crippen molar-refractivity contribution in [2.75, 3.05) is 5.32 Å². The van der Waals surface area contributed by atoms with E-state index in [9.17, 15) is 9.59 Å². The lowest BCUT2D eigenvalue weighted by Crippen LogP contribution is -2.34. The molecule has 0 bridgehead atoms. The van der Waals surface area contributed by atoms with E-state index in [1.165, 1.54) is 11.3 Å². The van der Waals surface area contributed by atoms with Crippen molar-refractivity contribution < 1.29 is 14.3 Å². The van der Waals surface area contributed by atoms with Crippen molar-refractivity contribution in [3.8, 4) is 11.5 Å². The molecule has 7 nitrogen and oxygen atoms in total. The van der Waals surface area contributed by atoms with Crippen molar-refractivity contribution in [2.45, 2.75) is 45.3 Å². The number of carbonyl (C=O) groups is 1. The van der Waals surface area contributed by atoms with Crippen molar-refractivity contribution >= 4 is 33.1 Å². The zero-order chi connectivity index (χ0) is 19.5. The molecule has 1 amide bonds. The number of carbonyl (C=O) groups excluding carboxylic acids is 1. The Morgan fingerprint density at radius 2 is 1.96 bits per heavy atom. The molecule has 2 N–H and O–H groups in total. The van der Waals surface area contributed by atoms with Crippen LogP contribution in [0.4, 0.5) is 5.69 Å². The largest absolute Gasteiger partial charge is 0.448 e. The van der Waals surface area contributed by atoms with E-state index in [-0.39, 0.29) is 11.5 Å². The Hall–Kier alpha value is -2.87. The van der Waals surface area contributed by atoms with Gasteiger partial charge in [-0.3, -0.25) is 9.59 Å². The van der Waals surface area contributed by atoms with Crippen molar-refractivity contribution in [3.63, 3.8) is 0 Å². The summed E-state index contributed by atoms with van der Waals surface area (Å²) in [5.41, 5.74) is 1.04. The van der Waals surface area contributed by atoms with Crippen molar-refractivity contribution in [2.24, 2.45) is 0 Å². The zero-order valence-corrected chi connectivity index (χ0v) is 16.4. The van der Waals surface area contributed by atoms with E-state index in [4.69, 9.17) is 9.47 Å². The lowest BCUT2D eigenvalue weighted by molar-refractivity contribution is -0.0716. The molecule has 1 fully saturated rings. The number of fused-ring (bicyclic) bond motifs is 2. The molecule has 3 heterocycles. The minimum absolute atomic E-state index is 0.222. The van der Waals surface area contributed by atoms with E-state index in [1.54, 1.807) is 26.0 Å². The molecule has 144 valence electrons. The van der Waals surface area contributed by atoms with Crippen LogP contribution in [0.3, 0.4) is 0 Å². The van der Waals surface area contributed by atoms with Gasteiger partial charge in [0.25, 0.3) is 17.3 Å². The quantitative estimate of drug-likeness (QED) is 0.684. The fraction of sp³-hybridized carbons (Fsp3) is 0.350. The average molecular weight is 397 g/mol. The lowest BCUT2D eigenvalue weighted by atomic mass is 10.2. The number of aromatic amines is 1. The second-order valence-corrected chi connectivity index (χ2v) is 8.32. The highest BCUT2D eigenvalue weighted by atomic mass is 32.1. The molecule has 0 radical (unpaired) electrons. The first-order valence-corrected chi connectivity index (χ1v) is 10.1. The van der Waals surface area contributed by atoms with E-state index in [1.807, 2.05) is 6.07 Å². The summed E-state index contributed by atoms with van der Waals surface area (Å²) in [5, 5.41) is 3.37. The smallest absolute Gasteiger partial charge is 0.266 e. The second kappa shape index (κ2) is 6.07. The summed E-state index contributed by atoms with van der Waals surface area (Å²) in [4.78, 5) is 33.1. The fourth-order valence-corrected chi connectivity index (χ4v) is 5.07. The van der Waals surface area contributed by atoms with Crippen molar-refractivity contribution in [1.29, 1.82) is 0 Å². The minimum atomic E-state index is -0.530. The molecule has 2 aromatic heterocycles. The number of aromatic nitrogens is 2. The molecule has 28 heavy (non-hydrogen) atoms. The van der Waals surface area contributed by atoms with Crippen LogP contribution in [0, 0.1) is 13.8 Å². The number of benzene rings is 1. The van der Waals surface area contributed by atoms with E-state index in [2.05, 4.69) is 15.3 Å². The van der Waals surface area contributed by atoms with Crippen LogP contribution in [-0.2, 0) is 0 Å². The van der Waals surface area contributed by atoms with Gasteiger partial charge in [0.1, 0.15) is 10.7 Å². The van der Waals surface area contributed by atoms with E-state index in [0.29, 0.717) is 43.7 Å². The minimum Gasteiger partial charge on any atom is -0.448 e. The molecule has 1 saturated carbocycles. The summed E-state index contributed by atoms with van der Waals surface area (Å²) in [5.74, 6) is 1.09. The second-order valence-electron chi connectivity index (χ2n) is 7.33. The molecule has 3 aromatic rings. The first-order valence-electron chi connectivity index (χ1n) is 9.28. The number of amides is 1. The van der Waals surface area contributed by atoms with Gasteiger partial charge in [0.15, 0.2) is 11.5 Å². The molecule has 8 heteroatoms. The highest BCUT2D eigenvalue weighted by molar-refractivity contribution is 7.20. The first-order chi connectivity index (χ1) is 13.4. The van der Waals surface area contributed by atoms with Crippen molar-refractivity contribution in [3.05, 3.63) is 44.8 Å². The number of ether oxygens (including phenoxy) is 2. The molecule has 1 aliphatic heterocycles. The number of anilines is 1. The van der Waals surface area contributed by atoms with Gasteiger partial charge in [-0.15, -0.1) is 11.3 Å². The molecule has 2 aliphatic rings. The monoisotopic (exact) mass is 397 g/mol. The Kier molecular flexibility index (Phi) is 3.74. The Balaban J connectivity index is 1.43. The average Bonchev–Trinajstić information content (AvgIpc) is 3.32. The zero-order valence-electron chi connectivity index (χ0n) is 15.5. The number of nitrogens with zero attached hydrogens (tertiary/aromatic N) is 1. The van der Waals surface area contributed by atoms with Gasteiger partial charge < -0.3 is 19.8 Å². The third kappa shape index (κ3) is 2.67. The van der Waals surface area contributed by atoms with Gasteiger partial charge in [0, 0.05) is 24.6 Å². The van der Waals surface area contributed by atoms with E-state index >= 15 is 0 Å². The van der Waals surface area contributed by atoms with Crippen LogP contribution in [0.1, 0.15) is 46.7 Å². The molecular formula is C20H19N3O4S. The van der Waals surface area contributed by atoms with Gasteiger partial charge in [-0.1, -0.05) is 0 Å². The summed E-state index contributed by atoms with van der Waals surface area (Å²) < 4.78 is 12.1. The summed E-state index contributed by atoms with van der Waals surface area (Å²) in [6.45, 7) is 3.49. The molecule has 0 saturated heterocycles. The SMILES string of the molecule is Cc1nc2sc(C(=O)Nc3ccc4c(c3)OC3(CCCC3)O4)c(C)c2c(=O)[nH]1. The lowest BCUT2D eigenvalue weighted by Gasteiger charge is -2.21. The number of thiophene rings is 1. The molecule has 1 aromatic carbocycles. The van der Waals surface area contributed by atoms with Crippen LogP contribution in [0.15, 0.2) is 23.0 Å². The standard InChI is InChI=1S/C20H19N3O4S/c1-10-15-17(24)21-11(2)22-19(15)28-16(10)18(25)23-12-5-6-13-14(9-12)27-20(26-13)7-3-4-8-20/h5-6,9H,3-4,7-8H2,1-2H3,(H,23,25)(H,21,22,24). The van der Waals surface area contributed by atoms with Crippen LogP contribution < -0.4 is 20.3 Å². The van der Waals surface area contributed by atoms with Crippen LogP contribution in [0.5, 0.6) is 11.5 Å². The third-order valence-electron chi connectivity index (χ3n) is 5.28. The van der Waals surface area contributed by atoms with Crippen LogP contribution >= 0.6 is 11.3 Å². The number of H-pyrrole nitrogens is 1. The molecule has 0 unspecified atom stereocenters. The van der Waals surface area contributed by atoms with Gasteiger partial charge in [-0.2, -0.15) is 0 Å². The van der Waals surface area contributed by atoms with Gasteiger partial charge in [-0.05, 0) is 44.4 Å². The van der Waals surface area contributed by atoms with E-state index in [0.717, 1.165) is 25.7 Å². The number of hydrogen-bond donors (Lipinski definition) is 2. The number of rotatable bonds is 2. The van der Waals surface area contributed by atoms with Crippen LogP contribution in [-0.4, -0.2) is 21.7 Å². The molecule has 1 spiro atoms. The van der Waals surface area contributed by atoms with Gasteiger partial charge in [-0.25, -0.2) is 4.98 Å². The summed E-state index contributed by atoms with van der Waals surface area (Å²) in [6.07, 6.45) is 3.95. The van der Waals surface area contributed by atoms with Gasteiger partial charge >= 0.3 is 0 Å². The highest BCUT2D eigenvalue weighted by Crippen LogP contribution is 2.47. The summed E-state index contributed by atoms with van der Waals surface area (Å²) in [7, 11) is 0. The number of nitrogens with one attached hydrogen (secondary N) is 2. The maximum Gasteiger partial charge on any atom is 0.266 e. The first kappa shape index (κ1) is 17.2. The van der Waals surface area contributed by atoms with Crippen LogP contribution in [0.2, 0.25) is 0 Å². The number of hydrogen-bond acceptors (Lipinski definition) is 6.